The van der Waals surface area contributed by atoms with Gasteiger partial charge in [-0.1, -0.05) is 0 Å². The molecule has 2 N–H and O–H groups in total. The summed E-state index contributed by atoms with van der Waals surface area (Å²) in [5, 5.41) is 0. The Morgan fingerprint density at radius 3 is 2.69 bits per heavy atom. The van der Waals surface area contributed by atoms with E-state index >= 15 is 0 Å². The molecule has 0 spiro atoms. The van der Waals surface area contributed by atoms with Crippen molar-refractivity contribution in [1.29, 1.82) is 0 Å². The van der Waals surface area contributed by atoms with Gasteiger partial charge in [0.15, 0.2) is 0 Å². The SMILES string of the molecule is Cc1c(I)cc(C(F)F)nc1CN. The Balaban J connectivity index is 3.22. The number of rotatable bonds is 2. The molecule has 0 aromatic carbocycles. The van der Waals surface area contributed by atoms with Gasteiger partial charge in [0.05, 0.1) is 5.69 Å². The summed E-state index contributed by atoms with van der Waals surface area (Å²) in [5.74, 6) is 0. The summed E-state index contributed by atoms with van der Waals surface area (Å²) in [5.41, 5.74) is 6.60. The summed E-state index contributed by atoms with van der Waals surface area (Å²) >= 11 is 2.00. The van der Waals surface area contributed by atoms with Gasteiger partial charge in [0.1, 0.15) is 5.69 Å². The highest BCUT2D eigenvalue weighted by Crippen LogP contribution is 2.22. The largest absolute Gasteiger partial charge is 0.325 e. The van der Waals surface area contributed by atoms with Crippen LogP contribution in [0.3, 0.4) is 0 Å². The molecule has 0 unspecified atom stereocenters. The van der Waals surface area contributed by atoms with Crippen molar-refractivity contribution < 1.29 is 8.78 Å². The zero-order valence-electron chi connectivity index (χ0n) is 7.02. The molecule has 0 atom stereocenters. The molecule has 0 amide bonds. The van der Waals surface area contributed by atoms with Crippen molar-refractivity contribution in [3.63, 3.8) is 0 Å². The molecular weight excluding hydrogens is 289 g/mol. The zero-order chi connectivity index (χ0) is 10.0. The number of aromatic nitrogens is 1. The van der Waals surface area contributed by atoms with Gasteiger partial charge in [0, 0.05) is 10.1 Å². The first kappa shape index (κ1) is 10.8. The number of nitrogens with zero attached hydrogens (tertiary/aromatic N) is 1. The Labute approximate surface area is 88.7 Å². The minimum absolute atomic E-state index is 0.197. The van der Waals surface area contributed by atoms with Crippen molar-refractivity contribution in [3.8, 4) is 0 Å². The maximum absolute atomic E-state index is 12.3. The summed E-state index contributed by atoms with van der Waals surface area (Å²) in [7, 11) is 0. The summed E-state index contributed by atoms with van der Waals surface area (Å²) < 4.78 is 25.4. The van der Waals surface area contributed by atoms with E-state index in [1.807, 2.05) is 29.5 Å². The summed E-state index contributed by atoms with van der Waals surface area (Å²) in [6, 6.07) is 1.39. The lowest BCUT2D eigenvalue weighted by atomic mass is 10.2. The third-order valence-electron chi connectivity index (χ3n) is 1.75. The van der Waals surface area contributed by atoms with Crippen molar-refractivity contribution in [3.05, 3.63) is 26.6 Å². The van der Waals surface area contributed by atoms with E-state index in [1.54, 1.807) is 0 Å². The fraction of sp³-hybridized carbons (Fsp3) is 0.375. The second-order valence-electron chi connectivity index (χ2n) is 2.61. The maximum Gasteiger partial charge on any atom is 0.280 e. The van der Waals surface area contributed by atoms with Gasteiger partial charge < -0.3 is 5.73 Å². The molecule has 1 aromatic rings. The molecule has 1 rings (SSSR count). The normalized spacial score (nSPS) is 10.9. The molecule has 0 fully saturated rings. The predicted molar refractivity (Wildman–Crippen MR) is 54.5 cm³/mol. The first-order chi connectivity index (χ1) is 6.06. The van der Waals surface area contributed by atoms with Crippen LogP contribution < -0.4 is 5.73 Å². The number of nitrogens with two attached hydrogens (primary N) is 1. The number of hydrogen-bond donors (Lipinski definition) is 1. The van der Waals surface area contributed by atoms with Crippen LogP contribution in [0.15, 0.2) is 6.07 Å². The zero-order valence-corrected chi connectivity index (χ0v) is 9.18. The van der Waals surface area contributed by atoms with E-state index < -0.39 is 6.43 Å². The van der Waals surface area contributed by atoms with Crippen LogP contribution in [-0.2, 0) is 6.54 Å². The number of pyridine rings is 1. The quantitative estimate of drug-likeness (QED) is 0.852. The molecule has 0 aliphatic heterocycles. The molecule has 72 valence electrons. The van der Waals surface area contributed by atoms with Crippen LogP contribution in [0, 0.1) is 10.5 Å². The van der Waals surface area contributed by atoms with Crippen molar-refractivity contribution >= 4 is 22.6 Å². The van der Waals surface area contributed by atoms with Crippen LogP contribution in [0.1, 0.15) is 23.4 Å². The standard InChI is InChI=1S/C8H9F2IN2/c1-4-5(11)2-6(8(9)10)13-7(4)3-12/h2,8H,3,12H2,1H3. The van der Waals surface area contributed by atoms with Gasteiger partial charge in [0.2, 0.25) is 0 Å². The van der Waals surface area contributed by atoms with Crippen LogP contribution in [0.25, 0.3) is 0 Å². The fourth-order valence-corrected chi connectivity index (χ4v) is 1.59. The molecule has 2 nitrogen and oxygen atoms in total. The topological polar surface area (TPSA) is 38.9 Å². The third kappa shape index (κ3) is 2.34. The summed E-state index contributed by atoms with van der Waals surface area (Å²) in [6.45, 7) is 2.02. The molecule has 0 aliphatic rings. The first-order valence-corrected chi connectivity index (χ1v) is 4.78. The number of halogens is 3. The fourth-order valence-electron chi connectivity index (χ4n) is 0.958. The molecule has 0 saturated heterocycles. The lowest BCUT2D eigenvalue weighted by molar-refractivity contribution is 0.145. The predicted octanol–water partition coefficient (Wildman–Crippen LogP) is 2.39. The van der Waals surface area contributed by atoms with E-state index in [4.69, 9.17) is 5.73 Å². The smallest absolute Gasteiger partial charge is 0.280 e. The molecule has 0 radical (unpaired) electrons. The van der Waals surface area contributed by atoms with Crippen molar-refractivity contribution in [1.82, 2.24) is 4.98 Å². The molecular formula is C8H9F2IN2. The molecule has 0 bridgehead atoms. The maximum atomic E-state index is 12.3. The minimum Gasteiger partial charge on any atom is -0.325 e. The van der Waals surface area contributed by atoms with E-state index in [0.29, 0.717) is 5.69 Å². The Kier molecular flexibility index (Phi) is 3.55. The third-order valence-corrected chi connectivity index (χ3v) is 2.87. The molecule has 5 heteroatoms. The minimum atomic E-state index is -2.53. The number of hydrogen-bond acceptors (Lipinski definition) is 2. The van der Waals surface area contributed by atoms with Gasteiger partial charge in [0.25, 0.3) is 6.43 Å². The Morgan fingerprint density at radius 1 is 1.62 bits per heavy atom. The van der Waals surface area contributed by atoms with Crippen LogP contribution >= 0.6 is 22.6 Å². The Hall–Kier alpha value is -0.300. The summed E-state index contributed by atoms with van der Waals surface area (Å²) in [4.78, 5) is 3.77. The van der Waals surface area contributed by atoms with Crippen LogP contribution in [-0.4, -0.2) is 4.98 Å². The highest BCUT2D eigenvalue weighted by atomic mass is 127. The molecule has 1 aromatic heterocycles. The van der Waals surface area contributed by atoms with E-state index in [9.17, 15) is 8.78 Å². The average molecular weight is 298 g/mol. The van der Waals surface area contributed by atoms with Crippen LogP contribution in [0.2, 0.25) is 0 Å². The van der Waals surface area contributed by atoms with Gasteiger partial charge in [-0.05, 0) is 41.1 Å². The van der Waals surface area contributed by atoms with Gasteiger partial charge in [-0.15, -0.1) is 0 Å². The van der Waals surface area contributed by atoms with E-state index in [2.05, 4.69) is 4.98 Å². The van der Waals surface area contributed by atoms with Crippen molar-refractivity contribution in [2.24, 2.45) is 5.73 Å². The molecule has 1 heterocycles. The van der Waals surface area contributed by atoms with E-state index in [-0.39, 0.29) is 12.2 Å². The van der Waals surface area contributed by atoms with Gasteiger partial charge in [-0.2, -0.15) is 0 Å². The van der Waals surface area contributed by atoms with Gasteiger partial charge in [-0.25, -0.2) is 8.78 Å². The second kappa shape index (κ2) is 4.28. The first-order valence-electron chi connectivity index (χ1n) is 3.70. The number of alkyl halides is 2. The summed E-state index contributed by atoms with van der Waals surface area (Å²) in [6.07, 6.45) is -2.53. The van der Waals surface area contributed by atoms with Crippen LogP contribution in [0.4, 0.5) is 8.78 Å². The Bertz CT molecular complexity index is 315. The molecule has 0 aliphatic carbocycles. The highest BCUT2D eigenvalue weighted by molar-refractivity contribution is 14.1. The molecule has 13 heavy (non-hydrogen) atoms. The monoisotopic (exact) mass is 298 g/mol. The van der Waals surface area contributed by atoms with Crippen molar-refractivity contribution in [2.75, 3.05) is 0 Å². The lowest BCUT2D eigenvalue weighted by Gasteiger charge is -2.07. The lowest BCUT2D eigenvalue weighted by Crippen LogP contribution is -2.06. The highest BCUT2D eigenvalue weighted by Gasteiger charge is 2.12. The second-order valence-corrected chi connectivity index (χ2v) is 3.77. The Morgan fingerprint density at radius 2 is 2.23 bits per heavy atom. The van der Waals surface area contributed by atoms with Crippen molar-refractivity contribution in [2.45, 2.75) is 19.9 Å². The van der Waals surface area contributed by atoms with Gasteiger partial charge >= 0.3 is 0 Å². The van der Waals surface area contributed by atoms with E-state index in [0.717, 1.165) is 9.13 Å². The van der Waals surface area contributed by atoms with Crippen LogP contribution in [0.5, 0.6) is 0 Å². The van der Waals surface area contributed by atoms with E-state index in [1.165, 1.54) is 6.07 Å². The molecule has 0 saturated carbocycles. The average Bonchev–Trinajstić information content (AvgIpc) is 2.09. The van der Waals surface area contributed by atoms with Gasteiger partial charge in [-0.3, -0.25) is 4.98 Å².